The van der Waals surface area contributed by atoms with E-state index in [-0.39, 0.29) is 11.3 Å². The van der Waals surface area contributed by atoms with Crippen molar-refractivity contribution in [3.05, 3.63) is 34.3 Å². The van der Waals surface area contributed by atoms with Crippen molar-refractivity contribution in [2.45, 2.75) is 25.7 Å². The van der Waals surface area contributed by atoms with Gasteiger partial charge in [0.05, 0.1) is 11.3 Å². The van der Waals surface area contributed by atoms with Crippen molar-refractivity contribution in [2.24, 2.45) is 0 Å². The maximum Gasteiger partial charge on any atom is 0.337 e. The molecule has 0 radical (unpaired) electrons. The number of hydrogen-bond donors (Lipinski definition) is 3. The van der Waals surface area contributed by atoms with Crippen LogP contribution >= 0.6 is 11.3 Å². The number of aryl methyl sites for hydroxylation is 2. The number of nitrogens with one attached hydrogen (secondary N) is 1. The van der Waals surface area contributed by atoms with Crippen LogP contribution in [0.3, 0.4) is 0 Å². The highest BCUT2D eigenvalue weighted by atomic mass is 32.1. The molecule has 20 heavy (non-hydrogen) atoms. The summed E-state index contributed by atoms with van der Waals surface area (Å²) in [5.41, 5.74) is 8.06. The minimum Gasteiger partial charge on any atom is -0.478 e. The number of benzene rings is 1. The first-order chi connectivity index (χ1) is 9.63. The summed E-state index contributed by atoms with van der Waals surface area (Å²) in [7, 11) is 0. The molecular weight excluding hydrogens is 274 g/mol. The van der Waals surface area contributed by atoms with Crippen LogP contribution in [0.4, 0.5) is 16.5 Å². The van der Waals surface area contributed by atoms with E-state index in [1.54, 1.807) is 23.5 Å². The Hall–Kier alpha value is -2.08. The fourth-order valence-electron chi connectivity index (χ4n) is 2.36. The number of nitrogens with zero attached hydrogens (tertiary/aromatic N) is 1. The van der Waals surface area contributed by atoms with Crippen molar-refractivity contribution in [3.63, 3.8) is 0 Å². The predicted octanol–water partition coefficient (Wildman–Crippen LogP) is 3.05. The zero-order chi connectivity index (χ0) is 14.1. The summed E-state index contributed by atoms with van der Waals surface area (Å²) in [6, 6.07) is 4.84. The highest BCUT2D eigenvalue weighted by Crippen LogP contribution is 2.31. The predicted molar refractivity (Wildman–Crippen MR) is 79.9 cm³/mol. The van der Waals surface area contributed by atoms with Gasteiger partial charge in [-0.15, -0.1) is 11.3 Å². The molecule has 2 aromatic rings. The van der Waals surface area contributed by atoms with E-state index >= 15 is 0 Å². The molecular formula is C14H15N3O2S. The van der Waals surface area contributed by atoms with Crippen molar-refractivity contribution >= 4 is 33.8 Å². The number of thiazole rings is 1. The number of nitrogen functional groups attached to an aromatic ring is 1. The number of hydrogen-bond acceptors (Lipinski definition) is 5. The van der Waals surface area contributed by atoms with Gasteiger partial charge in [-0.2, -0.15) is 0 Å². The van der Waals surface area contributed by atoms with E-state index in [0.717, 1.165) is 23.7 Å². The van der Waals surface area contributed by atoms with Crippen molar-refractivity contribution in [1.82, 2.24) is 4.98 Å². The van der Waals surface area contributed by atoms with Gasteiger partial charge in [0.2, 0.25) is 0 Å². The average Bonchev–Trinajstić information content (AvgIpc) is 2.80. The zero-order valence-electron chi connectivity index (χ0n) is 10.8. The van der Waals surface area contributed by atoms with Gasteiger partial charge in [0.25, 0.3) is 0 Å². The van der Waals surface area contributed by atoms with Crippen LogP contribution < -0.4 is 11.1 Å². The van der Waals surface area contributed by atoms with Crippen molar-refractivity contribution < 1.29 is 9.90 Å². The van der Waals surface area contributed by atoms with Crippen LogP contribution in [-0.2, 0) is 12.8 Å². The molecule has 5 nitrogen and oxygen atoms in total. The normalized spacial score (nSPS) is 13.8. The van der Waals surface area contributed by atoms with E-state index in [1.165, 1.54) is 29.5 Å². The molecule has 3 rings (SSSR count). The molecule has 0 fully saturated rings. The SMILES string of the molecule is Nc1cc(Nc2nc3c(s2)CCCC3)ccc1C(=O)O. The Bertz CT molecular complexity index is 643. The van der Waals surface area contributed by atoms with E-state index in [0.29, 0.717) is 0 Å². The van der Waals surface area contributed by atoms with Crippen molar-refractivity contribution in [1.29, 1.82) is 0 Å². The number of aromatic carboxylic acids is 1. The summed E-state index contributed by atoms with van der Waals surface area (Å²) in [5.74, 6) is -1.02. The fraction of sp³-hybridized carbons (Fsp3) is 0.286. The van der Waals surface area contributed by atoms with Crippen LogP contribution in [0.25, 0.3) is 0 Å². The van der Waals surface area contributed by atoms with E-state index in [2.05, 4.69) is 10.3 Å². The van der Waals surface area contributed by atoms with Gasteiger partial charge in [-0.3, -0.25) is 0 Å². The van der Waals surface area contributed by atoms with E-state index in [1.807, 2.05) is 0 Å². The third-order valence-corrected chi connectivity index (χ3v) is 4.45. The number of anilines is 3. The summed E-state index contributed by atoms with van der Waals surface area (Å²) in [6.45, 7) is 0. The van der Waals surface area contributed by atoms with Gasteiger partial charge in [-0.05, 0) is 43.9 Å². The van der Waals surface area contributed by atoms with Gasteiger partial charge < -0.3 is 16.2 Å². The maximum atomic E-state index is 10.9. The van der Waals surface area contributed by atoms with Crippen molar-refractivity contribution in [2.75, 3.05) is 11.1 Å². The van der Waals surface area contributed by atoms with E-state index < -0.39 is 5.97 Å². The molecule has 0 aliphatic heterocycles. The Kier molecular flexibility index (Phi) is 3.31. The second-order valence-corrected chi connectivity index (χ2v) is 5.91. The average molecular weight is 289 g/mol. The van der Waals surface area contributed by atoms with Crippen LogP contribution in [0.5, 0.6) is 0 Å². The van der Waals surface area contributed by atoms with E-state index in [9.17, 15) is 4.79 Å². The molecule has 4 N–H and O–H groups in total. The molecule has 1 aliphatic carbocycles. The minimum atomic E-state index is -1.02. The summed E-state index contributed by atoms with van der Waals surface area (Å²) in [4.78, 5) is 16.9. The van der Waals surface area contributed by atoms with Gasteiger partial charge in [-0.1, -0.05) is 0 Å². The largest absolute Gasteiger partial charge is 0.478 e. The highest BCUT2D eigenvalue weighted by Gasteiger charge is 2.15. The molecule has 104 valence electrons. The lowest BCUT2D eigenvalue weighted by Gasteiger charge is -2.06. The molecule has 1 aromatic carbocycles. The number of rotatable bonds is 3. The van der Waals surface area contributed by atoms with Gasteiger partial charge in [-0.25, -0.2) is 9.78 Å². The Balaban J connectivity index is 1.82. The highest BCUT2D eigenvalue weighted by molar-refractivity contribution is 7.15. The Morgan fingerprint density at radius 2 is 2.15 bits per heavy atom. The second kappa shape index (κ2) is 5.13. The van der Waals surface area contributed by atoms with Gasteiger partial charge in [0.1, 0.15) is 0 Å². The minimum absolute atomic E-state index is 0.119. The first-order valence-corrected chi connectivity index (χ1v) is 7.33. The van der Waals surface area contributed by atoms with Crippen LogP contribution in [0.15, 0.2) is 18.2 Å². The fourth-order valence-corrected chi connectivity index (χ4v) is 3.43. The van der Waals surface area contributed by atoms with Crippen molar-refractivity contribution in [3.8, 4) is 0 Å². The number of aromatic nitrogens is 1. The lowest BCUT2D eigenvalue weighted by molar-refractivity contribution is 0.0698. The van der Waals surface area contributed by atoms with Crippen LogP contribution in [0.1, 0.15) is 33.8 Å². The second-order valence-electron chi connectivity index (χ2n) is 4.83. The summed E-state index contributed by atoms with van der Waals surface area (Å²) in [6.07, 6.45) is 4.59. The molecule has 0 unspecified atom stereocenters. The number of nitrogens with two attached hydrogens (primary N) is 1. The maximum absolute atomic E-state index is 10.9. The summed E-state index contributed by atoms with van der Waals surface area (Å²) >= 11 is 1.67. The molecule has 1 aromatic heterocycles. The smallest absolute Gasteiger partial charge is 0.337 e. The molecule has 0 bridgehead atoms. The molecule has 0 amide bonds. The molecule has 0 saturated carbocycles. The van der Waals surface area contributed by atoms with Gasteiger partial charge in [0, 0.05) is 16.3 Å². The molecule has 0 spiro atoms. The Morgan fingerprint density at radius 3 is 2.85 bits per heavy atom. The molecule has 0 atom stereocenters. The topological polar surface area (TPSA) is 88.2 Å². The number of carboxylic acid groups (broad SMARTS) is 1. The van der Waals surface area contributed by atoms with Gasteiger partial charge in [0.15, 0.2) is 5.13 Å². The molecule has 1 heterocycles. The number of carbonyl (C=O) groups is 1. The Morgan fingerprint density at radius 1 is 1.35 bits per heavy atom. The third-order valence-electron chi connectivity index (χ3n) is 3.38. The molecule has 6 heteroatoms. The first-order valence-electron chi connectivity index (χ1n) is 6.52. The third kappa shape index (κ3) is 2.46. The van der Waals surface area contributed by atoms with Crippen LogP contribution in [-0.4, -0.2) is 16.1 Å². The van der Waals surface area contributed by atoms with Crippen LogP contribution in [0, 0.1) is 0 Å². The number of fused-ring (bicyclic) bond motifs is 1. The van der Waals surface area contributed by atoms with Gasteiger partial charge >= 0.3 is 5.97 Å². The lowest BCUT2D eigenvalue weighted by atomic mass is 10.0. The Labute approximate surface area is 120 Å². The standard InChI is InChI=1S/C14H15N3O2S/c15-10-7-8(5-6-9(10)13(18)19)16-14-17-11-3-1-2-4-12(11)20-14/h5-7H,1-4,15H2,(H,16,17)(H,18,19). The summed E-state index contributed by atoms with van der Waals surface area (Å²) in [5, 5.41) is 13.0. The zero-order valence-corrected chi connectivity index (χ0v) is 11.7. The first kappa shape index (κ1) is 12.9. The molecule has 1 aliphatic rings. The number of carboxylic acids is 1. The quantitative estimate of drug-likeness (QED) is 0.756. The lowest BCUT2D eigenvalue weighted by Crippen LogP contribution is -2.03. The van der Waals surface area contributed by atoms with Crippen LogP contribution in [0.2, 0.25) is 0 Å². The molecule has 0 saturated heterocycles. The monoisotopic (exact) mass is 289 g/mol. The summed E-state index contributed by atoms with van der Waals surface area (Å²) < 4.78 is 0. The van der Waals surface area contributed by atoms with E-state index in [4.69, 9.17) is 10.8 Å².